The van der Waals surface area contributed by atoms with Crippen LogP contribution >= 0.6 is 0 Å². The second kappa shape index (κ2) is 5.43. The molecule has 0 saturated carbocycles. The number of aromatic nitrogens is 1. The number of hydrogen-bond acceptors (Lipinski definition) is 2. The van der Waals surface area contributed by atoms with Gasteiger partial charge in [0.1, 0.15) is 5.82 Å². The third-order valence-corrected chi connectivity index (χ3v) is 4.21. The summed E-state index contributed by atoms with van der Waals surface area (Å²) in [7, 11) is 0. The van der Waals surface area contributed by atoms with Crippen molar-refractivity contribution < 1.29 is 9.18 Å². The van der Waals surface area contributed by atoms with E-state index in [1.807, 2.05) is 30.3 Å². The molecule has 3 aromatic rings. The van der Waals surface area contributed by atoms with Crippen LogP contribution in [0.25, 0.3) is 17.0 Å². The van der Waals surface area contributed by atoms with Gasteiger partial charge in [-0.05, 0) is 37.1 Å². The van der Waals surface area contributed by atoms with Gasteiger partial charge in [-0.2, -0.15) is 0 Å². The second-order valence-electron chi connectivity index (χ2n) is 5.70. The minimum atomic E-state index is -0.310. The summed E-state index contributed by atoms with van der Waals surface area (Å²) in [6, 6.07) is 16.2. The lowest BCUT2D eigenvalue weighted by molar-refractivity contribution is 0.102. The largest absolute Gasteiger partial charge is 0.289 e. The van der Waals surface area contributed by atoms with Crippen LogP contribution in [0.2, 0.25) is 0 Å². The molecule has 1 aromatic heterocycles. The van der Waals surface area contributed by atoms with Crippen molar-refractivity contribution in [3.8, 4) is 0 Å². The summed E-state index contributed by atoms with van der Waals surface area (Å²) >= 11 is 0. The van der Waals surface area contributed by atoms with Gasteiger partial charge in [0.05, 0.1) is 11.2 Å². The van der Waals surface area contributed by atoms with Crippen molar-refractivity contribution in [3.63, 3.8) is 0 Å². The van der Waals surface area contributed by atoms with Gasteiger partial charge < -0.3 is 0 Å². The summed E-state index contributed by atoms with van der Waals surface area (Å²) < 4.78 is 13.8. The van der Waals surface area contributed by atoms with E-state index in [1.165, 1.54) is 6.07 Å². The van der Waals surface area contributed by atoms with Crippen molar-refractivity contribution in [1.82, 2.24) is 4.98 Å². The molecule has 0 fully saturated rings. The summed E-state index contributed by atoms with van der Waals surface area (Å²) in [6.45, 7) is 0. The molecule has 2 aromatic carbocycles. The fourth-order valence-corrected chi connectivity index (χ4v) is 3.00. The van der Waals surface area contributed by atoms with E-state index in [4.69, 9.17) is 0 Å². The van der Waals surface area contributed by atoms with Gasteiger partial charge in [-0.1, -0.05) is 36.4 Å². The molecule has 1 aliphatic carbocycles. The highest BCUT2D eigenvalue weighted by Crippen LogP contribution is 2.28. The molecule has 0 amide bonds. The number of para-hydroxylation sites is 1. The molecule has 0 bridgehead atoms. The molecular formula is C20H14FNO. The third kappa shape index (κ3) is 2.44. The third-order valence-electron chi connectivity index (χ3n) is 4.21. The van der Waals surface area contributed by atoms with E-state index >= 15 is 0 Å². The number of nitrogens with zero attached hydrogens (tertiary/aromatic N) is 1. The number of hydrogen-bond donors (Lipinski definition) is 0. The second-order valence-corrected chi connectivity index (χ2v) is 5.70. The minimum Gasteiger partial charge on any atom is -0.289 e. The van der Waals surface area contributed by atoms with Gasteiger partial charge in [-0.15, -0.1) is 0 Å². The number of benzene rings is 2. The summed E-state index contributed by atoms with van der Waals surface area (Å²) in [6.07, 6.45) is 2.95. The van der Waals surface area contributed by atoms with Crippen LogP contribution in [0.4, 0.5) is 4.39 Å². The first-order chi connectivity index (χ1) is 11.2. The van der Waals surface area contributed by atoms with E-state index in [9.17, 15) is 9.18 Å². The number of Topliss-reactive ketones (excluding diaryl/α,β-unsaturated/α-hetero) is 1. The van der Waals surface area contributed by atoms with E-state index in [0.717, 1.165) is 16.6 Å². The molecule has 0 saturated heterocycles. The lowest BCUT2D eigenvalue weighted by atomic mass is 9.88. The highest BCUT2D eigenvalue weighted by Gasteiger charge is 2.23. The maximum Gasteiger partial charge on any atom is 0.190 e. The highest BCUT2D eigenvalue weighted by atomic mass is 19.1. The lowest BCUT2D eigenvalue weighted by Gasteiger charge is -2.17. The first-order valence-electron chi connectivity index (χ1n) is 7.61. The highest BCUT2D eigenvalue weighted by molar-refractivity contribution is 6.14. The molecule has 0 radical (unpaired) electrons. The molecule has 0 aliphatic heterocycles. The number of allylic oxidation sites excluding steroid dienone is 1. The van der Waals surface area contributed by atoms with Crippen LogP contribution in [-0.4, -0.2) is 10.8 Å². The van der Waals surface area contributed by atoms with Crippen LogP contribution < -0.4 is 0 Å². The molecule has 4 rings (SSSR count). The molecule has 2 nitrogen and oxygen atoms in total. The molecule has 23 heavy (non-hydrogen) atoms. The molecule has 0 atom stereocenters. The molecule has 0 spiro atoms. The van der Waals surface area contributed by atoms with E-state index < -0.39 is 0 Å². The SMILES string of the molecule is O=C1/C(=C/c2ccccc2F)CCc2nc3ccccc3cc21. The van der Waals surface area contributed by atoms with Crippen LogP contribution in [0, 0.1) is 5.82 Å². The van der Waals surface area contributed by atoms with E-state index in [0.29, 0.717) is 29.5 Å². The van der Waals surface area contributed by atoms with Crippen molar-refractivity contribution in [2.24, 2.45) is 0 Å². The summed E-state index contributed by atoms with van der Waals surface area (Å²) in [4.78, 5) is 17.3. The molecule has 112 valence electrons. The quantitative estimate of drug-likeness (QED) is 0.616. The number of halogens is 1. The van der Waals surface area contributed by atoms with Gasteiger partial charge in [0.15, 0.2) is 5.78 Å². The number of rotatable bonds is 1. The van der Waals surface area contributed by atoms with Crippen molar-refractivity contribution in [2.45, 2.75) is 12.8 Å². The first kappa shape index (κ1) is 13.8. The number of pyridine rings is 1. The van der Waals surface area contributed by atoms with Crippen LogP contribution in [0.15, 0.2) is 60.2 Å². The van der Waals surface area contributed by atoms with Crippen molar-refractivity contribution in [2.75, 3.05) is 0 Å². The topological polar surface area (TPSA) is 30.0 Å². The summed E-state index contributed by atoms with van der Waals surface area (Å²) in [5, 5.41) is 0.951. The van der Waals surface area contributed by atoms with Crippen molar-refractivity contribution in [3.05, 3.63) is 82.8 Å². The Balaban J connectivity index is 1.80. The maximum absolute atomic E-state index is 13.8. The average molecular weight is 303 g/mol. The predicted molar refractivity (Wildman–Crippen MR) is 88.8 cm³/mol. The number of fused-ring (bicyclic) bond motifs is 2. The Bertz CT molecular complexity index is 959. The smallest absolute Gasteiger partial charge is 0.190 e. The predicted octanol–water partition coefficient (Wildman–Crippen LogP) is 4.59. The summed E-state index contributed by atoms with van der Waals surface area (Å²) in [5.74, 6) is -0.358. The fraction of sp³-hybridized carbons (Fsp3) is 0.100. The Labute approximate surface area is 133 Å². The van der Waals surface area contributed by atoms with Gasteiger partial charge in [0, 0.05) is 22.1 Å². The average Bonchev–Trinajstić information content (AvgIpc) is 2.58. The molecule has 3 heteroatoms. The van der Waals surface area contributed by atoms with Crippen molar-refractivity contribution >= 4 is 22.8 Å². The Hall–Kier alpha value is -2.81. The molecule has 1 heterocycles. The standard InChI is InChI=1S/C20H14FNO/c21-17-7-3-1-5-13(17)11-15-9-10-19-16(20(15)23)12-14-6-2-4-8-18(14)22-19/h1-8,11-12H,9-10H2/b15-11+. The van der Waals surface area contributed by atoms with Crippen LogP contribution in [-0.2, 0) is 6.42 Å². The zero-order valence-electron chi connectivity index (χ0n) is 12.4. The van der Waals surface area contributed by atoms with Crippen molar-refractivity contribution in [1.29, 1.82) is 0 Å². The van der Waals surface area contributed by atoms with E-state index in [2.05, 4.69) is 4.98 Å². The Morgan fingerprint density at radius 1 is 1.00 bits per heavy atom. The molecule has 0 N–H and O–H groups in total. The number of carbonyl (C=O) groups is 1. The van der Waals surface area contributed by atoms with Gasteiger partial charge in [-0.3, -0.25) is 9.78 Å². The Kier molecular flexibility index (Phi) is 3.27. The number of carbonyl (C=O) groups excluding carboxylic acids is 1. The Morgan fingerprint density at radius 3 is 2.65 bits per heavy atom. The van der Waals surface area contributed by atoms with Gasteiger partial charge in [-0.25, -0.2) is 4.39 Å². The Morgan fingerprint density at radius 2 is 1.78 bits per heavy atom. The zero-order chi connectivity index (χ0) is 15.8. The van der Waals surface area contributed by atoms with Crippen LogP contribution in [0.1, 0.15) is 28.0 Å². The summed E-state index contributed by atoms with van der Waals surface area (Å²) in [5.41, 5.74) is 3.46. The molecule has 0 unspecified atom stereocenters. The fourth-order valence-electron chi connectivity index (χ4n) is 3.00. The van der Waals surface area contributed by atoms with E-state index in [-0.39, 0.29) is 11.6 Å². The van der Waals surface area contributed by atoms with E-state index in [1.54, 1.807) is 24.3 Å². The van der Waals surface area contributed by atoms with Crippen LogP contribution in [0.3, 0.4) is 0 Å². The molecule has 1 aliphatic rings. The monoisotopic (exact) mass is 303 g/mol. The van der Waals surface area contributed by atoms with Gasteiger partial charge in [0.2, 0.25) is 0 Å². The normalized spacial score (nSPS) is 15.9. The van der Waals surface area contributed by atoms with Crippen LogP contribution in [0.5, 0.6) is 0 Å². The maximum atomic E-state index is 13.8. The zero-order valence-corrected chi connectivity index (χ0v) is 12.4. The van der Waals surface area contributed by atoms with Gasteiger partial charge >= 0.3 is 0 Å². The van der Waals surface area contributed by atoms with Gasteiger partial charge in [0.25, 0.3) is 0 Å². The number of aryl methyl sites for hydroxylation is 1. The minimum absolute atomic E-state index is 0.0484. The number of ketones is 1. The first-order valence-corrected chi connectivity index (χ1v) is 7.61. The lowest BCUT2D eigenvalue weighted by Crippen LogP contribution is -2.15. The molecular weight excluding hydrogens is 289 g/mol.